The Morgan fingerprint density at radius 1 is 1.21 bits per heavy atom. The number of piperidine rings is 1. The SMILES string of the molecule is O=Cc1c(Cl)ccc(OCCN2CCCCC2)c1Cl. The third kappa shape index (κ3) is 3.85. The first-order valence-electron chi connectivity index (χ1n) is 6.50. The molecule has 19 heavy (non-hydrogen) atoms. The third-order valence-corrected chi connectivity index (χ3v) is 4.04. The van der Waals surface area contributed by atoms with Crippen molar-refractivity contribution < 1.29 is 9.53 Å². The highest BCUT2D eigenvalue weighted by atomic mass is 35.5. The first kappa shape index (κ1) is 14.6. The molecule has 0 amide bonds. The van der Waals surface area contributed by atoms with Gasteiger partial charge in [0, 0.05) is 6.54 Å². The van der Waals surface area contributed by atoms with Gasteiger partial charge >= 0.3 is 0 Å². The lowest BCUT2D eigenvalue weighted by Gasteiger charge is -2.26. The molecule has 1 aliphatic rings. The average molecular weight is 302 g/mol. The standard InChI is InChI=1S/C14H17Cl2NO2/c15-12-4-5-13(14(16)11(12)10-18)19-9-8-17-6-2-1-3-7-17/h4-5,10H,1-3,6-9H2. The van der Waals surface area contributed by atoms with Crippen LogP contribution in [0.2, 0.25) is 10.0 Å². The molecule has 1 aromatic carbocycles. The van der Waals surface area contributed by atoms with E-state index >= 15 is 0 Å². The second kappa shape index (κ2) is 7.13. The molecule has 0 N–H and O–H groups in total. The molecule has 0 aliphatic carbocycles. The molecule has 0 bridgehead atoms. The highest BCUT2D eigenvalue weighted by Gasteiger charge is 2.13. The zero-order valence-corrected chi connectivity index (χ0v) is 12.2. The fourth-order valence-electron chi connectivity index (χ4n) is 2.24. The predicted octanol–water partition coefficient (Wildman–Crippen LogP) is 3.67. The van der Waals surface area contributed by atoms with Crippen molar-refractivity contribution in [2.75, 3.05) is 26.2 Å². The summed E-state index contributed by atoms with van der Waals surface area (Å²) in [5, 5.41) is 0.643. The number of ether oxygens (including phenoxy) is 1. The molecular weight excluding hydrogens is 285 g/mol. The number of rotatable bonds is 5. The Labute approximate surface area is 123 Å². The summed E-state index contributed by atoms with van der Waals surface area (Å²) in [5.74, 6) is 0.519. The number of benzene rings is 1. The number of hydrogen-bond acceptors (Lipinski definition) is 3. The van der Waals surface area contributed by atoms with E-state index in [-0.39, 0.29) is 0 Å². The van der Waals surface area contributed by atoms with Crippen LogP contribution < -0.4 is 4.74 Å². The monoisotopic (exact) mass is 301 g/mol. The molecule has 1 saturated heterocycles. The van der Waals surface area contributed by atoms with E-state index in [0.29, 0.717) is 34.3 Å². The third-order valence-electron chi connectivity index (χ3n) is 3.32. The quantitative estimate of drug-likeness (QED) is 0.777. The molecule has 5 heteroatoms. The summed E-state index contributed by atoms with van der Waals surface area (Å²) in [5.41, 5.74) is 0.291. The second-order valence-corrected chi connectivity index (χ2v) is 5.43. The molecule has 0 spiro atoms. The van der Waals surface area contributed by atoms with Crippen LogP contribution in [0.25, 0.3) is 0 Å². The van der Waals surface area contributed by atoms with E-state index in [0.717, 1.165) is 19.6 Å². The Bertz CT molecular complexity index is 445. The number of aldehydes is 1. The molecule has 1 aromatic rings. The summed E-state index contributed by atoms with van der Waals surface area (Å²) < 4.78 is 5.65. The summed E-state index contributed by atoms with van der Waals surface area (Å²) in [6.45, 7) is 3.73. The number of likely N-dealkylation sites (tertiary alicyclic amines) is 1. The van der Waals surface area contributed by atoms with Gasteiger partial charge < -0.3 is 4.74 Å². The van der Waals surface area contributed by atoms with Crippen LogP contribution in [0, 0.1) is 0 Å². The van der Waals surface area contributed by atoms with Crippen molar-refractivity contribution in [1.29, 1.82) is 0 Å². The summed E-state index contributed by atoms with van der Waals surface area (Å²) in [4.78, 5) is 13.3. The van der Waals surface area contributed by atoms with E-state index in [2.05, 4.69) is 4.90 Å². The number of nitrogens with zero attached hydrogens (tertiary/aromatic N) is 1. The van der Waals surface area contributed by atoms with Gasteiger partial charge in [0.2, 0.25) is 0 Å². The lowest BCUT2D eigenvalue weighted by atomic mass is 10.1. The van der Waals surface area contributed by atoms with E-state index < -0.39 is 0 Å². The smallest absolute Gasteiger partial charge is 0.153 e. The first-order valence-corrected chi connectivity index (χ1v) is 7.26. The minimum absolute atomic E-state index is 0.291. The van der Waals surface area contributed by atoms with Crippen molar-refractivity contribution in [2.45, 2.75) is 19.3 Å². The normalized spacial score (nSPS) is 16.3. The second-order valence-electron chi connectivity index (χ2n) is 4.64. The minimum Gasteiger partial charge on any atom is -0.491 e. The lowest BCUT2D eigenvalue weighted by Crippen LogP contribution is -2.33. The molecule has 2 rings (SSSR count). The van der Waals surface area contributed by atoms with Gasteiger partial charge in [-0.05, 0) is 38.1 Å². The van der Waals surface area contributed by atoms with Crippen LogP contribution in [0.5, 0.6) is 5.75 Å². The molecule has 1 fully saturated rings. The van der Waals surface area contributed by atoms with Gasteiger partial charge in [-0.15, -0.1) is 0 Å². The van der Waals surface area contributed by atoms with Crippen LogP contribution in [0.15, 0.2) is 12.1 Å². The van der Waals surface area contributed by atoms with Crippen LogP contribution in [0.1, 0.15) is 29.6 Å². The maximum atomic E-state index is 10.9. The molecule has 0 atom stereocenters. The number of carbonyl (C=O) groups excluding carboxylic acids is 1. The zero-order chi connectivity index (χ0) is 13.7. The summed E-state index contributed by atoms with van der Waals surface area (Å²) >= 11 is 12.0. The first-order chi connectivity index (χ1) is 9.22. The van der Waals surface area contributed by atoms with Gasteiger partial charge in [-0.3, -0.25) is 9.69 Å². The Morgan fingerprint density at radius 2 is 1.95 bits per heavy atom. The fraction of sp³-hybridized carbons (Fsp3) is 0.500. The van der Waals surface area contributed by atoms with Crippen molar-refractivity contribution in [1.82, 2.24) is 4.90 Å². The van der Waals surface area contributed by atoms with Gasteiger partial charge in [-0.1, -0.05) is 29.6 Å². The van der Waals surface area contributed by atoms with Crippen molar-refractivity contribution in [3.8, 4) is 5.75 Å². The van der Waals surface area contributed by atoms with Gasteiger partial charge in [0.05, 0.1) is 15.6 Å². The number of carbonyl (C=O) groups is 1. The van der Waals surface area contributed by atoms with E-state index in [9.17, 15) is 4.79 Å². The van der Waals surface area contributed by atoms with Crippen molar-refractivity contribution in [2.24, 2.45) is 0 Å². The Balaban J connectivity index is 1.90. The molecule has 0 aromatic heterocycles. The molecular formula is C14H17Cl2NO2. The topological polar surface area (TPSA) is 29.5 Å². The molecule has 0 saturated carbocycles. The Morgan fingerprint density at radius 3 is 2.63 bits per heavy atom. The summed E-state index contributed by atoms with van der Waals surface area (Å²) in [6, 6.07) is 3.33. The van der Waals surface area contributed by atoms with Crippen LogP contribution in [0.4, 0.5) is 0 Å². The Hall–Kier alpha value is -0.770. The molecule has 3 nitrogen and oxygen atoms in total. The van der Waals surface area contributed by atoms with Crippen LogP contribution >= 0.6 is 23.2 Å². The summed E-state index contributed by atoms with van der Waals surface area (Å²) in [6.07, 6.45) is 4.50. The molecule has 0 radical (unpaired) electrons. The van der Waals surface area contributed by atoms with Gasteiger partial charge in [-0.25, -0.2) is 0 Å². The molecule has 1 heterocycles. The highest BCUT2D eigenvalue weighted by Crippen LogP contribution is 2.32. The highest BCUT2D eigenvalue weighted by molar-refractivity contribution is 6.39. The fourth-order valence-corrected chi connectivity index (χ4v) is 2.75. The maximum Gasteiger partial charge on any atom is 0.153 e. The molecule has 0 unspecified atom stereocenters. The lowest BCUT2D eigenvalue weighted by molar-refractivity contribution is 0.112. The van der Waals surface area contributed by atoms with Crippen LogP contribution in [0.3, 0.4) is 0 Å². The maximum absolute atomic E-state index is 10.9. The summed E-state index contributed by atoms with van der Waals surface area (Å²) in [7, 11) is 0. The van der Waals surface area contributed by atoms with Gasteiger partial charge in [-0.2, -0.15) is 0 Å². The van der Waals surface area contributed by atoms with Crippen molar-refractivity contribution in [3.05, 3.63) is 27.7 Å². The van der Waals surface area contributed by atoms with Gasteiger partial charge in [0.1, 0.15) is 12.4 Å². The van der Waals surface area contributed by atoms with Crippen LogP contribution in [-0.2, 0) is 0 Å². The van der Waals surface area contributed by atoms with Crippen LogP contribution in [-0.4, -0.2) is 37.4 Å². The Kier molecular flexibility index (Phi) is 5.49. The predicted molar refractivity (Wildman–Crippen MR) is 77.6 cm³/mol. The molecule has 1 aliphatic heterocycles. The minimum atomic E-state index is 0.291. The van der Waals surface area contributed by atoms with E-state index in [4.69, 9.17) is 27.9 Å². The largest absolute Gasteiger partial charge is 0.491 e. The van der Waals surface area contributed by atoms with Gasteiger partial charge in [0.25, 0.3) is 0 Å². The number of hydrogen-bond donors (Lipinski definition) is 0. The van der Waals surface area contributed by atoms with E-state index in [1.165, 1.54) is 19.3 Å². The van der Waals surface area contributed by atoms with Crippen molar-refractivity contribution in [3.63, 3.8) is 0 Å². The van der Waals surface area contributed by atoms with E-state index in [1.807, 2.05) is 0 Å². The zero-order valence-electron chi connectivity index (χ0n) is 10.7. The number of halogens is 2. The van der Waals surface area contributed by atoms with Gasteiger partial charge in [0.15, 0.2) is 6.29 Å². The van der Waals surface area contributed by atoms with Crippen molar-refractivity contribution >= 4 is 29.5 Å². The van der Waals surface area contributed by atoms with E-state index in [1.54, 1.807) is 12.1 Å². The molecule has 104 valence electrons. The average Bonchev–Trinajstić information content (AvgIpc) is 2.43.